The molecule has 0 saturated heterocycles. The van der Waals surface area contributed by atoms with Gasteiger partial charge in [0.15, 0.2) is 6.04 Å². The van der Waals surface area contributed by atoms with Gasteiger partial charge in [-0.25, -0.2) is 0 Å². The molecule has 0 spiro atoms. The summed E-state index contributed by atoms with van der Waals surface area (Å²) in [5.41, 5.74) is 7.65. The van der Waals surface area contributed by atoms with E-state index in [2.05, 4.69) is 68.2 Å². The van der Waals surface area contributed by atoms with Gasteiger partial charge in [-0.3, -0.25) is 0 Å². The van der Waals surface area contributed by atoms with Crippen molar-refractivity contribution in [2.24, 2.45) is 0 Å². The molecule has 0 saturated carbocycles. The van der Waals surface area contributed by atoms with Gasteiger partial charge < -0.3 is 15.2 Å². The Labute approximate surface area is 172 Å². The maximum atomic E-state index is 13.3. The third-order valence-corrected chi connectivity index (χ3v) is 6.87. The van der Waals surface area contributed by atoms with Crippen LogP contribution in [0.4, 0.5) is 5.69 Å². The van der Waals surface area contributed by atoms with Crippen LogP contribution in [0.25, 0.3) is 6.08 Å². The number of hydroxylamine groups is 1. The second-order valence-electron chi connectivity index (χ2n) is 9.20. The zero-order valence-corrected chi connectivity index (χ0v) is 17.4. The standard InChI is InChI=1S/C25H28N2O2/c1-16-15-25(2,3)26(12-13-28)21-11-10-18(14-20(16)21)24-19-8-4-6-17-7-5-9-22(23(17)19)27(24)29/h4-8,10-11,14,16,22,28H,9,12-13,15H2,1-3H3. The van der Waals surface area contributed by atoms with E-state index in [4.69, 9.17) is 0 Å². The van der Waals surface area contributed by atoms with E-state index in [9.17, 15) is 10.3 Å². The molecule has 4 nitrogen and oxygen atoms in total. The minimum absolute atomic E-state index is 0.00124. The van der Waals surface area contributed by atoms with Crippen molar-refractivity contribution >= 4 is 17.5 Å². The molecule has 29 heavy (non-hydrogen) atoms. The second-order valence-corrected chi connectivity index (χ2v) is 9.20. The molecule has 2 aliphatic heterocycles. The molecule has 0 aromatic heterocycles. The average Bonchev–Trinajstić information content (AvgIpc) is 2.99. The number of rotatable bonds is 3. The third kappa shape index (κ3) is 2.66. The smallest absolute Gasteiger partial charge is 0.226 e. The number of hydrogen-bond donors (Lipinski definition) is 1. The lowest BCUT2D eigenvalue weighted by molar-refractivity contribution is -0.501. The van der Waals surface area contributed by atoms with Gasteiger partial charge in [-0.15, -0.1) is 0 Å². The van der Waals surface area contributed by atoms with E-state index < -0.39 is 0 Å². The number of β-amino-alcohol motifs (C(OH)–C–C–N with tert-alkyl or cyclic N) is 1. The number of aliphatic hydroxyl groups is 1. The number of nitrogens with zero attached hydrogens (tertiary/aromatic N) is 2. The van der Waals surface area contributed by atoms with E-state index in [0.29, 0.717) is 12.5 Å². The molecule has 0 bridgehead atoms. The molecule has 2 atom stereocenters. The Bertz CT molecular complexity index is 1050. The van der Waals surface area contributed by atoms with Crippen molar-refractivity contribution in [1.29, 1.82) is 0 Å². The van der Waals surface area contributed by atoms with Gasteiger partial charge >= 0.3 is 0 Å². The first kappa shape index (κ1) is 18.4. The molecule has 2 unspecified atom stereocenters. The monoisotopic (exact) mass is 388 g/mol. The van der Waals surface area contributed by atoms with Crippen molar-refractivity contribution in [3.63, 3.8) is 0 Å². The molecule has 4 heteroatoms. The van der Waals surface area contributed by atoms with Gasteiger partial charge in [-0.1, -0.05) is 31.2 Å². The number of anilines is 1. The molecule has 1 N–H and O–H groups in total. The minimum atomic E-state index is -0.112. The van der Waals surface area contributed by atoms with Gasteiger partial charge in [0.2, 0.25) is 5.71 Å². The molecule has 2 heterocycles. The highest BCUT2D eigenvalue weighted by molar-refractivity contribution is 6.12. The molecular weight excluding hydrogens is 360 g/mol. The molecule has 2 aromatic carbocycles. The normalized spacial score (nSPS) is 23.9. The van der Waals surface area contributed by atoms with Crippen LogP contribution in [-0.2, 0) is 0 Å². The van der Waals surface area contributed by atoms with E-state index >= 15 is 0 Å². The quantitative estimate of drug-likeness (QED) is 0.618. The maximum Gasteiger partial charge on any atom is 0.226 e. The highest BCUT2D eigenvalue weighted by Gasteiger charge is 2.40. The predicted octanol–water partition coefficient (Wildman–Crippen LogP) is 4.59. The number of fused-ring (bicyclic) bond motifs is 1. The van der Waals surface area contributed by atoms with Gasteiger partial charge in [-0.2, -0.15) is 4.74 Å². The molecule has 2 aromatic rings. The number of hydrogen-bond acceptors (Lipinski definition) is 3. The lowest BCUT2D eigenvalue weighted by atomic mass is 9.79. The van der Waals surface area contributed by atoms with Crippen molar-refractivity contribution in [2.75, 3.05) is 18.1 Å². The zero-order chi connectivity index (χ0) is 20.3. The molecule has 5 rings (SSSR count). The van der Waals surface area contributed by atoms with Gasteiger partial charge in [0.25, 0.3) is 0 Å². The van der Waals surface area contributed by atoms with Crippen LogP contribution in [0.1, 0.15) is 73.4 Å². The van der Waals surface area contributed by atoms with Crippen LogP contribution in [0.15, 0.2) is 42.5 Å². The first-order valence-electron chi connectivity index (χ1n) is 10.6. The van der Waals surface area contributed by atoms with E-state index in [-0.39, 0.29) is 18.2 Å². The molecular formula is C25H28N2O2. The van der Waals surface area contributed by atoms with Crippen molar-refractivity contribution in [3.05, 3.63) is 75.5 Å². The summed E-state index contributed by atoms with van der Waals surface area (Å²) in [6.45, 7) is 7.51. The fourth-order valence-electron chi connectivity index (χ4n) is 5.68. The SMILES string of the molecule is CC1CC(C)(C)N(CCO)c2ccc(C3=[N+]([O-])C4CC=Cc5cccc3c54)cc21. The zero-order valence-electron chi connectivity index (χ0n) is 17.4. The van der Waals surface area contributed by atoms with Crippen molar-refractivity contribution in [2.45, 2.75) is 51.1 Å². The summed E-state index contributed by atoms with van der Waals surface area (Å²) in [5, 5.41) is 22.9. The largest absolute Gasteiger partial charge is 0.623 e. The lowest BCUT2D eigenvalue weighted by Gasteiger charge is -2.47. The Hall–Kier alpha value is -2.59. The van der Waals surface area contributed by atoms with Gasteiger partial charge in [0.05, 0.1) is 12.2 Å². The Balaban J connectivity index is 1.64. The molecule has 0 amide bonds. The summed E-state index contributed by atoms with van der Waals surface area (Å²) in [4.78, 5) is 2.31. The molecule has 3 aliphatic rings. The van der Waals surface area contributed by atoms with Crippen LogP contribution in [0.2, 0.25) is 0 Å². The Morgan fingerprint density at radius 2 is 2.07 bits per heavy atom. The Morgan fingerprint density at radius 1 is 1.24 bits per heavy atom. The van der Waals surface area contributed by atoms with Crippen LogP contribution in [0, 0.1) is 5.21 Å². The van der Waals surface area contributed by atoms with E-state index in [1.54, 1.807) is 0 Å². The Morgan fingerprint density at radius 3 is 2.86 bits per heavy atom. The highest BCUT2D eigenvalue weighted by Crippen LogP contribution is 2.45. The molecule has 0 fully saturated rings. The molecule has 0 radical (unpaired) electrons. The fraction of sp³-hybridized carbons (Fsp3) is 0.400. The summed E-state index contributed by atoms with van der Waals surface area (Å²) in [7, 11) is 0. The van der Waals surface area contributed by atoms with Crippen LogP contribution in [0.5, 0.6) is 0 Å². The van der Waals surface area contributed by atoms with E-state index in [0.717, 1.165) is 35.2 Å². The fourth-order valence-corrected chi connectivity index (χ4v) is 5.68. The van der Waals surface area contributed by atoms with Gasteiger partial charge in [0, 0.05) is 35.3 Å². The second kappa shape index (κ2) is 6.46. The van der Waals surface area contributed by atoms with Crippen molar-refractivity contribution < 1.29 is 9.85 Å². The summed E-state index contributed by atoms with van der Waals surface area (Å²) in [6, 6.07) is 12.6. The first-order chi connectivity index (χ1) is 13.9. The Kier molecular flexibility index (Phi) is 4.11. The third-order valence-electron chi connectivity index (χ3n) is 6.87. The predicted molar refractivity (Wildman–Crippen MR) is 118 cm³/mol. The maximum absolute atomic E-state index is 13.3. The topological polar surface area (TPSA) is 49.5 Å². The van der Waals surface area contributed by atoms with E-state index in [1.807, 2.05) is 6.07 Å². The lowest BCUT2D eigenvalue weighted by Crippen LogP contribution is -2.49. The van der Waals surface area contributed by atoms with Crippen LogP contribution < -0.4 is 4.90 Å². The van der Waals surface area contributed by atoms with Gasteiger partial charge in [0.1, 0.15) is 0 Å². The molecule has 1 aliphatic carbocycles. The van der Waals surface area contributed by atoms with Crippen molar-refractivity contribution in [3.8, 4) is 0 Å². The first-order valence-corrected chi connectivity index (χ1v) is 10.6. The summed E-state index contributed by atoms with van der Waals surface area (Å²) in [5.74, 6) is 0.399. The number of aliphatic hydroxyl groups excluding tert-OH is 1. The van der Waals surface area contributed by atoms with Crippen LogP contribution in [0.3, 0.4) is 0 Å². The molecule has 150 valence electrons. The van der Waals surface area contributed by atoms with Crippen LogP contribution in [-0.4, -0.2) is 34.2 Å². The van der Waals surface area contributed by atoms with E-state index in [1.165, 1.54) is 21.6 Å². The summed E-state index contributed by atoms with van der Waals surface area (Å²) >= 11 is 0. The average molecular weight is 389 g/mol. The van der Waals surface area contributed by atoms with Crippen molar-refractivity contribution in [1.82, 2.24) is 0 Å². The van der Waals surface area contributed by atoms with Crippen LogP contribution >= 0.6 is 0 Å². The number of benzene rings is 2. The minimum Gasteiger partial charge on any atom is -0.623 e. The summed E-state index contributed by atoms with van der Waals surface area (Å²) < 4.78 is 1.22. The highest BCUT2D eigenvalue weighted by atomic mass is 16.5. The van der Waals surface area contributed by atoms with Gasteiger partial charge in [-0.05, 0) is 61.6 Å². The summed E-state index contributed by atoms with van der Waals surface area (Å²) in [6.07, 6.45) is 6.02.